The van der Waals surface area contributed by atoms with Gasteiger partial charge in [0.1, 0.15) is 24.0 Å². The van der Waals surface area contributed by atoms with Gasteiger partial charge in [-0.2, -0.15) is 0 Å². The van der Waals surface area contributed by atoms with Crippen LogP contribution in [0.5, 0.6) is 5.75 Å². The van der Waals surface area contributed by atoms with Gasteiger partial charge in [-0.3, -0.25) is 4.79 Å². The summed E-state index contributed by atoms with van der Waals surface area (Å²) in [5, 5.41) is 2.70. The van der Waals surface area contributed by atoms with Crippen molar-refractivity contribution in [3.8, 4) is 16.9 Å². The first kappa shape index (κ1) is 13.5. The Morgan fingerprint density at radius 2 is 1.90 bits per heavy atom. The first-order valence-electron chi connectivity index (χ1n) is 6.57. The Hall–Kier alpha value is -2.43. The number of hydrogen-bond acceptors (Lipinski definition) is 2. The summed E-state index contributed by atoms with van der Waals surface area (Å²) in [7, 11) is 0. The highest BCUT2D eigenvalue weighted by atomic mass is 19.1. The van der Waals surface area contributed by atoms with Crippen LogP contribution in [0.3, 0.4) is 0 Å². The molecule has 1 heterocycles. The molecule has 2 aromatic carbocycles. The van der Waals surface area contributed by atoms with Gasteiger partial charge in [-0.25, -0.2) is 8.78 Å². The molecule has 0 saturated carbocycles. The van der Waals surface area contributed by atoms with Crippen molar-refractivity contribution in [3.63, 3.8) is 0 Å². The van der Waals surface area contributed by atoms with E-state index in [0.29, 0.717) is 35.6 Å². The summed E-state index contributed by atoms with van der Waals surface area (Å²) in [4.78, 5) is 12.0. The van der Waals surface area contributed by atoms with Gasteiger partial charge in [0.25, 0.3) is 5.91 Å². The molecule has 0 saturated heterocycles. The highest BCUT2D eigenvalue weighted by Crippen LogP contribution is 2.30. The van der Waals surface area contributed by atoms with Crippen LogP contribution in [0, 0.1) is 18.6 Å². The predicted octanol–water partition coefficient (Wildman–Crippen LogP) is 3.06. The van der Waals surface area contributed by atoms with Crippen LogP contribution in [0.25, 0.3) is 11.1 Å². The van der Waals surface area contributed by atoms with Gasteiger partial charge in [0.15, 0.2) is 0 Å². The lowest BCUT2D eigenvalue weighted by molar-refractivity contribution is 0.0957. The third-order valence-corrected chi connectivity index (χ3v) is 3.43. The Kier molecular flexibility index (Phi) is 3.33. The molecule has 5 heteroatoms. The molecule has 21 heavy (non-hydrogen) atoms. The second kappa shape index (κ2) is 5.16. The van der Waals surface area contributed by atoms with E-state index >= 15 is 0 Å². The molecule has 0 fully saturated rings. The molecular weight excluding hydrogens is 276 g/mol. The van der Waals surface area contributed by atoms with Crippen LogP contribution < -0.4 is 10.1 Å². The molecule has 0 aliphatic carbocycles. The van der Waals surface area contributed by atoms with Crippen molar-refractivity contribution in [2.24, 2.45) is 0 Å². The Labute approximate surface area is 120 Å². The van der Waals surface area contributed by atoms with Crippen LogP contribution in [0.4, 0.5) is 8.78 Å². The molecule has 1 N–H and O–H groups in total. The maximum Gasteiger partial charge on any atom is 0.255 e. The number of fused-ring (bicyclic) bond motifs is 1. The van der Waals surface area contributed by atoms with E-state index in [2.05, 4.69) is 5.32 Å². The maximum absolute atomic E-state index is 14.0. The molecule has 3 rings (SSSR count). The van der Waals surface area contributed by atoms with Crippen molar-refractivity contribution in [2.75, 3.05) is 13.2 Å². The molecular formula is C16H13F2NO2. The van der Waals surface area contributed by atoms with Gasteiger partial charge in [0.2, 0.25) is 0 Å². The Balaban J connectivity index is 2.12. The number of aryl methyl sites for hydroxylation is 1. The van der Waals surface area contributed by atoms with Gasteiger partial charge in [-0.05, 0) is 36.2 Å². The lowest BCUT2D eigenvalue weighted by Crippen LogP contribution is -2.24. The number of amides is 1. The molecule has 0 spiro atoms. The zero-order valence-electron chi connectivity index (χ0n) is 11.4. The summed E-state index contributed by atoms with van der Waals surface area (Å²) in [6, 6.07) is 7.14. The molecule has 3 nitrogen and oxygen atoms in total. The van der Waals surface area contributed by atoms with Gasteiger partial charge in [-0.1, -0.05) is 6.07 Å². The quantitative estimate of drug-likeness (QED) is 0.876. The molecule has 1 amide bonds. The van der Waals surface area contributed by atoms with Crippen LogP contribution in [0.15, 0.2) is 30.3 Å². The summed E-state index contributed by atoms with van der Waals surface area (Å²) >= 11 is 0. The third kappa shape index (κ3) is 2.46. The van der Waals surface area contributed by atoms with Gasteiger partial charge >= 0.3 is 0 Å². The standard InChI is InChI=1S/C16H13F2NO2/c1-9-6-11(14(18)8-13(9)17)10-2-3-15-12(7-10)16(20)19-4-5-21-15/h2-3,6-8H,4-5H2,1H3,(H,19,20). The van der Waals surface area contributed by atoms with Crippen molar-refractivity contribution in [1.82, 2.24) is 5.32 Å². The number of hydrogen-bond donors (Lipinski definition) is 1. The van der Waals surface area contributed by atoms with Crippen LogP contribution >= 0.6 is 0 Å². The molecule has 0 atom stereocenters. The molecule has 0 aromatic heterocycles. The van der Waals surface area contributed by atoms with Gasteiger partial charge in [0.05, 0.1) is 12.1 Å². The number of carbonyl (C=O) groups is 1. The van der Waals surface area contributed by atoms with Crippen molar-refractivity contribution >= 4 is 5.91 Å². The minimum absolute atomic E-state index is 0.258. The largest absolute Gasteiger partial charge is 0.491 e. The zero-order valence-corrected chi connectivity index (χ0v) is 11.4. The van der Waals surface area contributed by atoms with E-state index in [9.17, 15) is 13.6 Å². The summed E-state index contributed by atoms with van der Waals surface area (Å²) in [6.07, 6.45) is 0. The molecule has 0 radical (unpaired) electrons. The monoisotopic (exact) mass is 289 g/mol. The smallest absolute Gasteiger partial charge is 0.255 e. The van der Waals surface area contributed by atoms with Crippen LogP contribution in [0.1, 0.15) is 15.9 Å². The topological polar surface area (TPSA) is 38.3 Å². The van der Waals surface area contributed by atoms with Crippen molar-refractivity contribution in [3.05, 3.63) is 53.1 Å². The van der Waals surface area contributed by atoms with Gasteiger partial charge in [-0.15, -0.1) is 0 Å². The highest BCUT2D eigenvalue weighted by Gasteiger charge is 2.18. The molecule has 108 valence electrons. The number of benzene rings is 2. The van der Waals surface area contributed by atoms with Gasteiger partial charge < -0.3 is 10.1 Å². The Bertz CT molecular complexity index is 728. The highest BCUT2D eigenvalue weighted by molar-refractivity contribution is 5.98. The summed E-state index contributed by atoms with van der Waals surface area (Å²) in [6.45, 7) is 2.38. The van der Waals surface area contributed by atoms with Crippen LogP contribution in [0.2, 0.25) is 0 Å². The van der Waals surface area contributed by atoms with Crippen molar-refractivity contribution in [1.29, 1.82) is 0 Å². The van der Waals surface area contributed by atoms with E-state index in [1.165, 1.54) is 6.07 Å². The fraction of sp³-hybridized carbons (Fsp3) is 0.188. The summed E-state index contributed by atoms with van der Waals surface area (Å²) in [5.41, 5.74) is 1.47. The predicted molar refractivity (Wildman–Crippen MR) is 74.4 cm³/mol. The molecule has 2 aromatic rings. The first-order valence-corrected chi connectivity index (χ1v) is 6.57. The second-order valence-corrected chi connectivity index (χ2v) is 4.90. The minimum atomic E-state index is -0.659. The fourth-order valence-corrected chi connectivity index (χ4v) is 2.30. The lowest BCUT2D eigenvalue weighted by atomic mass is 9.99. The molecule has 1 aliphatic heterocycles. The number of halogens is 2. The van der Waals surface area contributed by atoms with Crippen LogP contribution in [-0.2, 0) is 0 Å². The molecule has 0 unspecified atom stereocenters. The Morgan fingerprint density at radius 3 is 2.71 bits per heavy atom. The van der Waals surface area contributed by atoms with E-state index in [1.807, 2.05) is 0 Å². The van der Waals surface area contributed by atoms with Crippen LogP contribution in [-0.4, -0.2) is 19.1 Å². The molecule has 0 bridgehead atoms. The summed E-state index contributed by atoms with van der Waals surface area (Å²) in [5.74, 6) is -1.04. The normalized spacial score (nSPS) is 14.0. The third-order valence-electron chi connectivity index (χ3n) is 3.43. The first-order chi connectivity index (χ1) is 10.1. The number of rotatable bonds is 1. The van der Waals surface area contributed by atoms with Crippen molar-refractivity contribution in [2.45, 2.75) is 6.92 Å². The second-order valence-electron chi connectivity index (χ2n) is 4.90. The van der Waals surface area contributed by atoms with E-state index in [0.717, 1.165) is 6.07 Å². The number of nitrogens with one attached hydrogen (secondary N) is 1. The average molecular weight is 289 g/mol. The average Bonchev–Trinajstić information content (AvgIpc) is 2.65. The maximum atomic E-state index is 14.0. The van der Waals surface area contributed by atoms with Crippen molar-refractivity contribution < 1.29 is 18.3 Å². The Morgan fingerprint density at radius 1 is 1.10 bits per heavy atom. The zero-order chi connectivity index (χ0) is 15.0. The number of ether oxygens (including phenoxy) is 1. The summed E-state index contributed by atoms with van der Waals surface area (Å²) < 4.78 is 32.7. The van der Waals surface area contributed by atoms with E-state index in [-0.39, 0.29) is 11.5 Å². The van der Waals surface area contributed by atoms with E-state index < -0.39 is 11.6 Å². The fourth-order valence-electron chi connectivity index (χ4n) is 2.30. The van der Waals surface area contributed by atoms with E-state index in [4.69, 9.17) is 4.74 Å². The minimum Gasteiger partial charge on any atom is -0.491 e. The molecule has 1 aliphatic rings. The number of carbonyl (C=O) groups excluding carboxylic acids is 1. The van der Waals surface area contributed by atoms with Gasteiger partial charge in [0, 0.05) is 11.6 Å². The lowest BCUT2D eigenvalue weighted by Gasteiger charge is -2.10. The van der Waals surface area contributed by atoms with E-state index in [1.54, 1.807) is 25.1 Å². The SMILES string of the molecule is Cc1cc(-c2ccc3c(c2)C(=O)NCCO3)c(F)cc1F.